The van der Waals surface area contributed by atoms with Gasteiger partial charge in [0.05, 0.1) is 30.8 Å². The highest BCUT2D eigenvalue weighted by atomic mass is 35.5. The van der Waals surface area contributed by atoms with Crippen molar-refractivity contribution in [3.05, 3.63) is 88.3 Å². The Labute approximate surface area is 225 Å². The van der Waals surface area contributed by atoms with Crippen molar-refractivity contribution >= 4 is 34.3 Å². The molecule has 1 aliphatic rings. The van der Waals surface area contributed by atoms with E-state index in [1.807, 2.05) is 30.3 Å². The van der Waals surface area contributed by atoms with Gasteiger partial charge in [0.15, 0.2) is 11.5 Å². The van der Waals surface area contributed by atoms with Crippen LogP contribution in [-0.2, 0) is 17.6 Å². The second-order valence-electron chi connectivity index (χ2n) is 9.17. The maximum atomic E-state index is 13.3. The van der Waals surface area contributed by atoms with E-state index in [4.69, 9.17) is 21.1 Å². The molecular weight excluding hydrogens is 504 g/mol. The van der Waals surface area contributed by atoms with Crippen LogP contribution in [0.2, 0.25) is 5.02 Å². The molecule has 0 saturated heterocycles. The van der Waals surface area contributed by atoms with Gasteiger partial charge in [0.25, 0.3) is 5.91 Å². The Kier molecular flexibility index (Phi) is 7.79. The van der Waals surface area contributed by atoms with Crippen LogP contribution < -0.4 is 14.8 Å². The summed E-state index contributed by atoms with van der Waals surface area (Å²) >= 11 is 6.23. The molecule has 9 heteroatoms. The van der Waals surface area contributed by atoms with Gasteiger partial charge in [-0.1, -0.05) is 35.9 Å². The summed E-state index contributed by atoms with van der Waals surface area (Å²) in [5, 5.41) is 4.37. The highest BCUT2D eigenvalue weighted by Crippen LogP contribution is 2.31. The minimum atomic E-state index is -0.327. The van der Waals surface area contributed by atoms with Gasteiger partial charge in [0.1, 0.15) is 0 Å². The minimum absolute atomic E-state index is 0.0863. The molecule has 4 aromatic rings. The highest BCUT2D eigenvalue weighted by Gasteiger charge is 2.22. The molecule has 0 atom stereocenters. The second kappa shape index (κ2) is 11.6. The Morgan fingerprint density at radius 2 is 2.05 bits per heavy atom. The number of amides is 2. The summed E-state index contributed by atoms with van der Waals surface area (Å²) in [5.41, 5.74) is 4.68. The van der Waals surface area contributed by atoms with E-state index >= 15 is 0 Å². The number of ether oxygens (including phenoxy) is 2. The molecule has 196 valence electrons. The van der Waals surface area contributed by atoms with Gasteiger partial charge in [0.2, 0.25) is 5.91 Å². The van der Waals surface area contributed by atoms with Gasteiger partial charge in [-0.2, -0.15) is 0 Å². The number of H-pyrrole nitrogens is 1. The molecule has 0 aliphatic carbocycles. The van der Waals surface area contributed by atoms with Crippen LogP contribution in [0.25, 0.3) is 10.9 Å². The molecule has 2 N–H and O–H groups in total. The molecule has 2 aromatic heterocycles. The predicted octanol–water partition coefficient (Wildman–Crippen LogP) is 4.40. The van der Waals surface area contributed by atoms with Crippen LogP contribution in [-0.4, -0.2) is 60.0 Å². The Balaban J connectivity index is 1.46. The number of halogens is 1. The number of hydrogen-bond acceptors (Lipinski definition) is 5. The van der Waals surface area contributed by atoms with Gasteiger partial charge < -0.3 is 24.7 Å². The number of methoxy groups -OCH3 is 1. The van der Waals surface area contributed by atoms with Crippen molar-refractivity contribution in [3.63, 3.8) is 0 Å². The van der Waals surface area contributed by atoms with Gasteiger partial charge in [-0.25, -0.2) is 0 Å². The first kappa shape index (κ1) is 25.6. The number of carbonyl (C=O) groups is 2. The van der Waals surface area contributed by atoms with Crippen LogP contribution >= 0.6 is 11.6 Å². The van der Waals surface area contributed by atoms with Crippen molar-refractivity contribution < 1.29 is 19.1 Å². The van der Waals surface area contributed by atoms with Crippen molar-refractivity contribution in [2.24, 2.45) is 0 Å². The maximum absolute atomic E-state index is 13.3. The summed E-state index contributed by atoms with van der Waals surface area (Å²) in [6, 6.07) is 15.7. The molecule has 8 nitrogen and oxygen atoms in total. The van der Waals surface area contributed by atoms with Gasteiger partial charge in [-0.05, 0) is 48.2 Å². The quantitative estimate of drug-likeness (QED) is 0.399. The number of nitrogens with one attached hydrogen (secondary N) is 2. The van der Waals surface area contributed by atoms with Gasteiger partial charge in [0, 0.05) is 48.5 Å². The minimum Gasteiger partial charge on any atom is -0.493 e. The summed E-state index contributed by atoms with van der Waals surface area (Å²) in [4.78, 5) is 35.2. The number of pyridine rings is 1. The number of aromatic nitrogens is 2. The zero-order valence-corrected chi connectivity index (χ0v) is 21.9. The zero-order valence-electron chi connectivity index (χ0n) is 21.1. The van der Waals surface area contributed by atoms with Crippen molar-refractivity contribution in [3.8, 4) is 11.5 Å². The summed E-state index contributed by atoms with van der Waals surface area (Å²) in [6.07, 6.45) is 4.78. The first-order chi connectivity index (χ1) is 18.5. The monoisotopic (exact) mass is 532 g/mol. The maximum Gasteiger partial charge on any atom is 0.255 e. The molecular formula is C29H29ClN4O4. The first-order valence-electron chi connectivity index (χ1n) is 12.6. The Morgan fingerprint density at radius 3 is 2.89 bits per heavy atom. The number of nitrogens with zero attached hydrogens (tertiary/aromatic N) is 2. The van der Waals surface area contributed by atoms with Crippen molar-refractivity contribution in [1.82, 2.24) is 20.2 Å². The number of para-hydroxylation sites is 1. The predicted molar refractivity (Wildman–Crippen MR) is 146 cm³/mol. The van der Waals surface area contributed by atoms with Crippen molar-refractivity contribution in [2.45, 2.75) is 19.3 Å². The van der Waals surface area contributed by atoms with Crippen LogP contribution in [0.4, 0.5) is 0 Å². The van der Waals surface area contributed by atoms with E-state index in [0.717, 1.165) is 27.7 Å². The molecule has 0 radical (unpaired) electrons. The standard InChI is InChI=1S/C29H29ClN4O4/c1-37-26-8-7-19-15-25-21(20-5-2-3-6-24(20)33-25)10-12-32-28(35)18-34(13-4-14-38-27(26)16-19)29(36)22-9-11-31-17-23(22)30/h2-3,5-9,11,16-17,33H,4,10,12-15,18H2,1H3,(H,32,35). The Hall–Kier alpha value is -4.04. The average Bonchev–Trinajstić information content (AvgIpc) is 3.26. The lowest BCUT2D eigenvalue weighted by Crippen LogP contribution is -2.42. The van der Waals surface area contributed by atoms with E-state index in [1.54, 1.807) is 13.2 Å². The largest absolute Gasteiger partial charge is 0.493 e. The van der Waals surface area contributed by atoms with Crippen LogP contribution in [0, 0.1) is 0 Å². The molecule has 2 amide bonds. The number of aromatic amines is 1. The van der Waals surface area contributed by atoms with Crippen LogP contribution in [0.1, 0.15) is 33.6 Å². The number of benzene rings is 2. The molecule has 0 unspecified atom stereocenters. The van der Waals surface area contributed by atoms with Crippen LogP contribution in [0.5, 0.6) is 11.5 Å². The molecule has 0 saturated carbocycles. The topological polar surface area (TPSA) is 96.6 Å². The van der Waals surface area contributed by atoms with Gasteiger partial charge >= 0.3 is 0 Å². The van der Waals surface area contributed by atoms with Crippen LogP contribution in [0.3, 0.4) is 0 Å². The third-order valence-corrected chi connectivity index (χ3v) is 6.96. The third kappa shape index (κ3) is 5.60. The first-order valence-corrected chi connectivity index (χ1v) is 12.9. The second-order valence-corrected chi connectivity index (χ2v) is 9.58. The molecule has 3 heterocycles. The summed E-state index contributed by atoms with van der Waals surface area (Å²) in [6.45, 7) is 1.02. The van der Waals surface area contributed by atoms with E-state index in [0.29, 0.717) is 56.0 Å². The van der Waals surface area contributed by atoms with E-state index in [9.17, 15) is 9.59 Å². The van der Waals surface area contributed by atoms with E-state index in [-0.39, 0.29) is 23.4 Å². The fraction of sp³-hybridized carbons (Fsp3) is 0.276. The lowest BCUT2D eigenvalue weighted by Gasteiger charge is -2.23. The molecule has 0 fully saturated rings. The van der Waals surface area contributed by atoms with Gasteiger partial charge in [-0.3, -0.25) is 14.6 Å². The number of hydrogen-bond donors (Lipinski definition) is 2. The third-order valence-electron chi connectivity index (χ3n) is 6.66. The van der Waals surface area contributed by atoms with Crippen molar-refractivity contribution in [2.75, 3.05) is 33.4 Å². The van der Waals surface area contributed by atoms with Crippen LogP contribution in [0.15, 0.2) is 60.9 Å². The Morgan fingerprint density at radius 1 is 1.18 bits per heavy atom. The summed E-state index contributed by atoms with van der Waals surface area (Å²) < 4.78 is 11.6. The highest BCUT2D eigenvalue weighted by molar-refractivity contribution is 6.33. The fourth-order valence-corrected chi connectivity index (χ4v) is 5.01. The lowest BCUT2D eigenvalue weighted by molar-refractivity contribution is -0.121. The molecule has 0 spiro atoms. The average molecular weight is 533 g/mol. The van der Waals surface area contributed by atoms with Gasteiger partial charge in [-0.15, -0.1) is 0 Å². The molecule has 5 rings (SSSR count). The zero-order chi connectivity index (χ0) is 26.5. The number of fused-ring (bicyclic) bond motifs is 5. The normalized spacial score (nSPS) is 14.9. The van der Waals surface area contributed by atoms with E-state index in [1.165, 1.54) is 17.3 Å². The summed E-state index contributed by atoms with van der Waals surface area (Å²) in [7, 11) is 1.61. The van der Waals surface area contributed by atoms with E-state index in [2.05, 4.69) is 27.4 Å². The molecule has 2 bridgehead atoms. The lowest BCUT2D eigenvalue weighted by atomic mass is 10.0. The smallest absolute Gasteiger partial charge is 0.255 e. The SMILES string of the molecule is COc1ccc2cc1OCCCN(C(=O)c1ccncc1Cl)CC(=O)NCCc1c([nH]c3ccccc13)C2. The molecule has 2 aromatic carbocycles. The number of rotatable bonds is 2. The molecule has 38 heavy (non-hydrogen) atoms. The van der Waals surface area contributed by atoms with E-state index < -0.39 is 0 Å². The fourth-order valence-electron chi connectivity index (χ4n) is 4.81. The molecule has 1 aliphatic heterocycles. The van der Waals surface area contributed by atoms with Crippen molar-refractivity contribution in [1.29, 1.82) is 0 Å². The Bertz CT molecular complexity index is 1470. The summed E-state index contributed by atoms with van der Waals surface area (Å²) in [5.74, 6) is 0.724. The number of carbonyl (C=O) groups excluding carboxylic acids is 2.